The molecule has 2 aliphatic rings. The number of aromatic nitrogens is 3. The van der Waals surface area contributed by atoms with E-state index < -0.39 is 0 Å². The van der Waals surface area contributed by atoms with Crippen molar-refractivity contribution in [3.63, 3.8) is 0 Å². The lowest BCUT2D eigenvalue weighted by Gasteiger charge is -2.07. The maximum atomic E-state index is 11.8. The monoisotopic (exact) mass is 304 g/mol. The van der Waals surface area contributed by atoms with Crippen molar-refractivity contribution in [3.8, 4) is 11.5 Å². The Morgan fingerprint density at radius 2 is 2.18 bits per heavy atom. The topological polar surface area (TPSA) is 103 Å². The number of nitrogens with one attached hydrogen (secondary N) is 1. The molecule has 22 heavy (non-hydrogen) atoms. The van der Waals surface area contributed by atoms with Gasteiger partial charge in [0, 0.05) is 18.6 Å². The lowest BCUT2D eigenvalue weighted by atomic mass is 10.2. The van der Waals surface area contributed by atoms with Crippen molar-refractivity contribution in [1.82, 2.24) is 20.6 Å². The predicted molar refractivity (Wildman–Crippen MR) is 72.6 cm³/mol. The molecule has 0 spiro atoms. The minimum Gasteiger partial charge on any atom is -0.368 e. The van der Waals surface area contributed by atoms with E-state index in [4.69, 9.17) is 13.8 Å². The second-order valence-electron chi connectivity index (χ2n) is 5.62. The number of nitrogens with zero attached hydrogens (tertiary/aromatic N) is 3. The third-order valence-electron chi connectivity index (χ3n) is 3.84. The van der Waals surface area contributed by atoms with Gasteiger partial charge in [-0.15, -0.1) is 0 Å². The van der Waals surface area contributed by atoms with Crippen LogP contribution in [-0.2, 0) is 16.1 Å². The van der Waals surface area contributed by atoms with Crippen molar-refractivity contribution >= 4 is 5.91 Å². The van der Waals surface area contributed by atoms with Crippen LogP contribution in [0.15, 0.2) is 15.1 Å². The quantitative estimate of drug-likeness (QED) is 0.890. The molecule has 1 N–H and O–H groups in total. The lowest BCUT2D eigenvalue weighted by molar-refractivity contribution is -0.130. The van der Waals surface area contributed by atoms with Crippen LogP contribution in [0.5, 0.6) is 0 Å². The van der Waals surface area contributed by atoms with E-state index in [9.17, 15) is 4.79 Å². The van der Waals surface area contributed by atoms with Crippen LogP contribution in [0.4, 0.5) is 0 Å². The Bertz CT molecular complexity index is 670. The first-order valence-electron chi connectivity index (χ1n) is 7.48. The van der Waals surface area contributed by atoms with Crippen LogP contribution in [0.25, 0.3) is 11.5 Å². The summed E-state index contributed by atoms with van der Waals surface area (Å²) in [5.41, 5.74) is 0.558. The van der Waals surface area contributed by atoms with Crippen molar-refractivity contribution in [2.24, 2.45) is 0 Å². The highest BCUT2D eigenvalue weighted by Crippen LogP contribution is 2.40. The molecule has 1 aliphatic heterocycles. The summed E-state index contributed by atoms with van der Waals surface area (Å²) in [5, 5.41) is 10.6. The molecule has 0 radical (unpaired) electrons. The summed E-state index contributed by atoms with van der Waals surface area (Å²) in [7, 11) is 0. The molecule has 1 aliphatic carbocycles. The Morgan fingerprint density at radius 1 is 1.27 bits per heavy atom. The summed E-state index contributed by atoms with van der Waals surface area (Å²) in [6.07, 6.45) is 3.59. The zero-order chi connectivity index (χ0) is 14.9. The number of hydrogen-bond acceptors (Lipinski definition) is 7. The normalized spacial score (nSPS) is 21.2. The molecular weight excluding hydrogens is 288 g/mol. The average molecular weight is 304 g/mol. The number of amides is 1. The van der Waals surface area contributed by atoms with Gasteiger partial charge < -0.3 is 19.1 Å². The minimum absolute atomic E-state index is 0.144. The molecule has 0 aromatic carbocycles. The van der Waals surface area contributed by atoms with Crippen LogP contribution >= 0.6 is 0 Å². The molecule has 0 bridgehead atoms. The average Bonchev–Trinajstić information content (AvgIpc) is 3.02. The lowest BCUT2D eigenvalue weighted by Crippen LogP contribution is -2.33. The van der Waals surface area contributed by atoms with Gasteiger partial charge in [-0.25, -0.2) is 0 Å². The summed E-state index contributed by atoms with van der Waals surface area (Å²) < 4.78 is 15.7. The fourth-order valence-electron chi connectivity index (χ4n) is 2.45. The fourth-order valence-corrected chi connectivity index (χ4v) is 2.45. The van der Waals surface area contributed by atoms with Crippen LogP contribution in [-0.4, -0.2) is 33.9 Å². The number of rotatable bonds is 5. The van der Waals surface area contributed by atoms with Gasteiger partial charge in [-0.3, -0.25) is 4.79 Å². The molecule has 4 rings (SSSR count). The van der Waals surface area contributed by atoms with Gasteiger partial charge in [0.1, 0.15) is 11.9 Å². The summed E-state index contributed by atoms with van der Waals surface area (Å²) in [6.45, 7) is 0.817. The summed E-state index contributed by atoms with van der Waals surface area (Å²) in [6, 6.07) is 1.84. The van der Waals surface area contributed by atoms with Gasteiger partial charge in [-0.05, 0) is 25.7 Å². The maximum Gasteiger partial charge on any atom is 0.249 e. The van der Waals surface area contributed by atoms with Gasteiger partial charge in [0.25, 0.3) is 0 Å². The number of carbonyl (C=O) groups is 1. The second-order valence-corrected chi connectivity index (χ2v) is 5.62. The second kappa shape index (κ2) is 5.53. The van der Waals surface area contributed by atoms with Gasteiger partial charge in [-0.1, -0.05) is 10.3 Å². The third kappa shape index (κ3) is 2.74. The van der Waals surface area contributed by atoms with Crippen LogP contribution in [0.1, 0.15) is 43.3 Å². The maximum absolute atomic E-state index is 11.8. The minimum atomic E-state index is -0.362. The van der Waals surface area contributed by atoms with Gasteiger partial charge in [-0.2, -0.15) is 4.98 Å². The van der Waals surface area contributed by atoms with Crippen molar-refractivity contribution in [2.75, 3.05) is 6.61 Å². The number of hydrogen-bond donors (Lipinski definition) is 1. The zero-order valence-corrected chi connectivity index (χ0v) is 11.9. The SMILES string of the molecule is O=C(NCc1nc(-c2cc(C3CC3)on2)no1)[C@@H]1CCCO1. The first kappa shape index (κ1) is 13.4. The molecule has 1 atom stereocenters. The number of ether oxygens (including phenoxy) is 1. The molecule has 8 heteroatoms. The van der Waals surface area contributed by atoms with E-state index in [1.807, 2.05) is 6.07 Å². The fraction of sp³-hybridized carbons (Fsp3) is 0.571. The van der Waals surface area contributed by atoms with E-state index in [1.54, 1.807) is 0 Å². The van der Waals surface area contributed by atoms with Crippen molar-refractivity contribution in [3.05, 3.63) is 17.7 Å². The van der Waals surface area contributed by atoms with Crippen LogP contribution in [0.3, 0.4) is 0 Å². The standard InChI is InChI=1S/C14H16N4O4/c19-14(10-2-1-5-20-10)15-7-12-16-13(18-22-12)9-6-11(21-17-9)8-3-4-8/h6,8,10H,1-5,7H2,(H,15,19)/t10-/m0/s1. The van der Waals surface area contributed by atoms with Gasteiger partial charge in [0.15, 0.2) is 5.69 Å². The van der Waals surface area contributed by atoms with E-state index in [-0.39, 0.29) is 18.6 Å². The van der Waals surface area contributed by atoms with E-state index in [2.05, 4.69) is 20.6 Å². The van der Waals surface area contributed by atoms with E-state index >= 15 is 0 Å². The third-order valence-corrected chi connectivity index (χ3v) is 3.84. The van der Waals surface area contributed by atoms with Crippen LogP contribution in [0.2, 0.25) is 0 Å². The Balaban J connectivity index is 1.37. The summed E-state index contributed by atoms with van der Waals surface area (Å²) in [5.74, 6) is 1.91. The first-order valence-corrected chi connectivity index (χ1v) is 7.48. The Morgan fingerprint density at radius 3 is 2.95 bits per heavy atom. The molecule has 116 valence electrons. The number of carbonyl (C=O) groups excluding carboxylic acids is 1. The van der Waals surface area contributed by atoms with Crippen molar-refractivity contribution in [2.45, 2.75) is 44.2 Å². The molecule has 2 aromatic rings. The van der Waals surface area contributed by atoms with Crippen LogP contribution in [0, 0.1) is 0 Å². The Hall–Kier alpha value is -2.22. The van der Waals surface area contributed by atoms with Crippen molar-refractivity contribution < 1.29 is 18.6 Å². The van der Waals surface area contributed by atoms with Crippen molar-refractivity contribution in [1.29, 1.82) is 0 Å². The van der Waals surface area contributed by atoms with E-state index in [0.29, 0.717) is 29.9 Å². The van der Waals surface area contributed by atoms with Gasteiger partial charge in [0.05, 0.1) is 6.54 Å². The largest absolute Gasteiger partial charge is 0.368 e. The molecule has 3 heterocycles. The molecular formula is C14H16N4O4. The summed E-state index contributed by atoms with van der Waals surface area (Å²) >= 11 is 0. The Labute approximate surface area is 126 Å². The zero-order valence-electron chi connectivity index (χ0n) is 11.9. The molecule has 2 fully saturated rings. The van der Waals surface area contributed by atoms with E-state index in [1.165, 1.54) is 0 Å². The van der Waals surface area contributed by atoms with Crippen LogP contribution < -0.4 is 5.32 Å². The smallest absolute Gasteiger partial charge is 0.249 e. The molecule has 0 unspecified atom stereocenters. The van der Waals surface area contributed by atoms with Gasteiger partial charge >= 0.3 is 0 Å². The predicted octanol–water partition coefficient (Wildman–Crippen LogP) is 1.40. The first-order chi connectivity index (χ1) is 10.8. The highest BCUT2D eigenvalue weighted by Gasteiger charge is 2.29. The molecule has 1 saturated carbocycles. The van der Waals surface area contributed by atoms with E-state index in [0.717, 1.165) is 31.4 Å². The summed E-state index contributed by atoms with van der Waals surface area (Å²) in [4.78, 5) is 16.0. The highest BCUT2D eigenvalue weighted by atomic mass is 16.5. The molecule has 1 amide bonds. The van der Waals surface area contributed by atoms with Gasteiger partial charge in [0.2, 0.25) is 17.6 Å². The molecule has 1 saturated heterocycles. The Kier molecular flexibility index (Phi) is 3.38. The molecule has 2 aromatic heterocycles. The highest BCUT2D eigenvalue weighted by molar-refractivity contribution is 5.80. The molecule has 8 nitrogen and oxygen atoms in total.